The van der Waals surface area contributed by atoms with Crippen LogP contribution in [0.15, 0.2) is 58.8 Å². The summed E-state index contributed by atoms with van der Waals surface area (Å²) in [6.45, 7) is 16.7. The molecule has 0 aromatic heterocycles. The lowest BCUT2D eigenvalue weighted by Gasteiger charge is -2.39. The molecule has 0 spiro atoms. The van der Waals surface area contributed by atoms with E-state index in [9.17, 15) is 9.59 Å². The molecule has 6 nitrogen and oxygen atoms in total. The molecule has 192 valence electrons. The van der Waals surface area contributed by atoms with Gasteiger partial charge < -0.3 is 19.2 Å². The second kappa shape index (κ2) is 11.9. The summed E-state index contributed by atoms with van der Waals surface area (Å²) in [5.74, 6) is 0.211. The summed E-state index contributed by atoms with van der Waals surface area (Å²) in [6.07, 6.45) is 4.17. The van der Waals surface area contributed by atoms with Crippen LogP contribution in [0.4, 0.5) is 5.69 Å². The van der Waals surface area contributed by atoms with Gasteiger partial charge in [0.15, 0.2) is 14.1 Å². The van der Waals surface area contributed by atoms with Gasteiger partial charge in [0.1, 0.15) is 5.75 Å². The van der Waals surface area contributed by atoms with Gasteiger partial charge in [-0.3, -0.25) is 4.79 Å². The van der Waals surface area contributed by atoms with Crippen LogP contribution in [-0.4, -0.2) is 39.9 Å². The molecule has 0 amide bonds. The molecule has 1 aliphatic carbocycles. The van der Waals surface area contributed by atoms with Crippen molar-refractivity contribution in [3.63, 3.8) is 0 Å². The van der Waals surface area contributed by atoms with Crippen molar-refractivity contribution in [1.82, 2.24) is 0 Å². The van der Waals surface area contributed by atoms with Gasteiger partial charge in [0.2, 0.25) is 0 Å². The second-order valence-corrected chi connectivity index (χ2v) is 15.1. The highest BCUT2D eigenvalue weighted by Crippen LogP contribution is 2.40. The van der Waals surface area contributed by atoms with Crippen molar-refractivity contribution >= 4 is 25.8 Å². The average molecular weight is 500 g/mol. The smallest absolute Gasteiger partial charge is 0.334 e. The van der Waals surface area contributed by atoms with Gasteiger partial charge in [-0.25, -0.2) is 4.79 Å². The number of anilines is 1. The zero-order chi connectivity index (χ0) is 26.4. The maximum atomic E-state index is 13.6. The summed E-state index contributed by atoms with van der Waals surface area (Å²) in [4.78, 5) is 26.7. The molecule has 1 atom stereocenters. The molecule has 0 saturated carbocycles. The molecular weight excluding hydrogens is 458 g/mol. The van der Waals surface area contributed by atoms with E-state index in [0.29, 0.717) is 35.1 Å². The minimum atomic E-state index is -2.20. The number of carbonyl (C=O) groups is 2. The minimum Gasteiger partial charge on any atom is -0.497 e. The van der Waals surface area contributed by atoms with E-state index in [4.69, 9.17) is 13.9 Å². The van der Waals surface area contributed by atoms with Gasteiger partial charge in [0, 0.05) is 28.6 Å². The maximum Gasteiger partial charge on any atom is 0.334 e. The fraction of sp³-hybridized carbons (Fsp3) is 0.500. The Balaban J connectivity index is 2.65. The predicted molar refractivity (Wildman–Crippen MR) is 144 cm³/mol. The van der Waals surface area contributed by atoms with E-state index in [1.807, 2.05) is 44.2 Å². The van der Waals surface area contributed by atoms with E-state index in [1.54, 1.807) is 20.2 Å². The van der Waals surface area contributed by atoms with E-state index in [-0.39, 0.29) is 17.4 Å². The molecule has 7 heteroatoms. The van der Waals surface area contributed by atoms with E-state index in [1.165, 1.54) is 0 Å². The van der Waals surface area contributed by atoms with Crippen LogP contribution in [0, 0.1) is 0 Å². The van der Waals surface area contributed by atoms with E-state index in [0.717, 1.165) is 11.4 Å². The fourth-order valence-electron chi connectivity index (χ4n) is 3.72. The Morgan fingerprint density at radius 3 is 2.37 bits per heavy atom. The SMILES string of the molecule is CCOC(=O)/C1=C(C(C)O[Si](C)(C)C(C)(C)C)/C(=C/Nc2ccc(OC)cc2)C(=O)/C(C)=C\CC1. The van der Waals surface area contributed by atoms with Gasteiger partial charge in [-0.2, -0.15) is 0 Å². The lowest BCUT2D eigenvalue weighted by Crippen LogP contribution is -2.44. The number of nitrogens with one attached hydrogen (secondary N) is 1. The van der Waals surface area contributed by atoms with Crippen molar-refractivity contribution in [2.45, 2.75) is 78.6 Å². The minimum absolute atomic E-state index is 0.0292. The predicted octanol–water partition coefficient (Wildman–Crippen LogP) is 6.57. The lowest BCUT2D eigenvalue weighted by molar-refractivity contribution is -0.138. The molecular formula is C28H41NO5Si. The Morgan fingerprint density at radius 2 is 1.83 bits per heavy atom. The van der Waals surface area contributed by atoms with Crippen molar-refractivity contribution in [3.05, 3.63) is 58.8 Å². The molecule has 1 unspecified atom stereocenters. The summed E-state index contributed by atoms with van der Waals surface area (Å²) in [5.41, 5.74) is 2.96. The third-order valence-corrected chi connectivity index (χ3v) is 11.3. The van der Waals surface area contributed by atoms with Crippen LogP contribution in [0.5, 0.6) is 5.75 Å². The Bertz CT molecular complexity index is 1010. The lowest BCUT2D eigenvalue weighted by atomic mass is 9.86. The molecule has 0 radical (unpaired) electrons. The normalized spacial score (nSPS) is 21.0. The quantitative estimate of drug-likeness (QED) is 0.248. The number of methoxy groups -OCH3 is 1. The number of rotatable bonds is 8. The summed E-state index contributed by atoms with van der Waals surface area (Å²) in [5, 5.41) is 3.21. The molecule has 1 N–H and O–H groups in total. The molecule has 1 aliphatic rings. The van der Waals surface area contributed by atoms with Crippen LogP contribution in [0.1, 0.15) is 54.4 Å². The zero-order valence-corrected chi connectivity index (χ0v) is 23.7. The molecule has 0 aliphatic heterocycles. The van der Waals surface area contributed by atoms with Gasteiger partial charge in [-0.15, -0.1) is 0 Å². The number of hydrogen-bond donors (Lipinski definition) is 1. The summed E-state index contributed by atoms with van der Waals surface area (Å²) in [7, 11) is -0.588. The van der Waals surface area contributed by atoms with Crippen molar-refractivity contribution in [2.75, 3.05) is 19.0 Å². The summed E-state index contributed by atoms with van der Waals surface area (Å²) >= 11 is 0. The van der Waals surface area contributed by atoms with Crippen molar-refractivity contribution in [3.8, 4) is 5.75 Å². The van der Waals surface area contributed by atoms with Gasteiger partial charge >= 0.3 is 5.97 Å². The standard InChI is InChI=1S/C28H41NO5Si/c1-10-33-27(31)23-13-11-12-19(2)26(30)24(18-29-21-14-16-22(32-7)17-15-21)25(23)20(3)34-35(8,9)28(4,5)6/h12,14-18,20,29H,10-11,13H2,1-9H3/b19-12-,24-18-,25-23+. The second-order valence-electron chi connectivity index (χ2n) is 10.3. The third kappa shape index (κ3) is 7.18. The molecule has 2 rings (SSSR count). The number of ether oxygens (including phenoxy) is 2. The van der Waals surface area contributed by atoms with Gasteiger partial charge in [0.05, 0.1) is 19.8 Å². The van der Waals surface area contributed by atoms with Gasteiger partial charge in [-0.05, 0) is 81.6 Å². The van der Waals surface area contributed by atoms with Crippen molar-refractivity contribution < 1.29 is 23.5 Å². The zero-order valence-electron chi connectivity index (χ0n) is 22.7. The molecule has 0 fully saturated rings. The molecule has 0 heterocycles. The molecule has 35 heavy (non-hydrogen) atoms. The number of carbonyl (C=O) groups excluding carboxylic acids is 2. The first kappa shape index (κ1) is 28.6. The average Bonchev–Trinajstić information content (AvgIpc) is 2.78. The van der Waals surface area contributed by atoms with Crippen LogP contribution in [0.3, 0.4) is 0 Å². The van der Waals surface area contributed by atoms with Crippen molar-refractivity contribution in [2.24, 2.45) is 0 Å². The fourth-order valence-corrected chi connectivity index (χ4v) is 5.07. The third-order valence-electron chi connectivity index (χ3n) is 6.74. The highest BCUT2D eigenvalue weighted by atomic mass is 28.4. The van der Waals surface area contributed by atoms with Crippen LogP contribution in [0.25, 0.3) is 0 Å². The van der Waals surface area contributed by atoms with Crippen molar-refractivity contribution in [1.29, 1.82) is 0 Å². The number of allylic oxidation sites excluding steroid dienone is 2. The number of ketones is 1. The highest BCUT2D eigenvalue weighted by molar-refractivity contribution is 6.74. The Labute approximate surface area is 211 Å². The first-order valence-electron chi connectivity index (χ1n) is 12.2. The summed E-state index contributed by atoms with van der Waals surface area (Å²) in [6, 6.07) is 7.43. The number of Topliss-reactive ketones (excluding diaryl/α,β-unsaturated/α-hetero) is 1. The Morgan fingerprint density at radius 1 is 1.20 bits per heavy atom. The monoisotopic (exact) mass is 499 g/mol. The van der Waals surface area contributed by atoms with Crippen LogP contribution in [0.2, 0.25) is 18.1 Å². The van der Waals surface area contributed by atoms with Crippen LogP contribution in [-0.2, 0) is 18.8 Å². The highest BCUT2D eigenvalue weighted by Gasteiger charge is 2.40. The number of hydrogen-bond acceptors (Lipinski definition) is 6. The maximum absolute atomic E-state index is 13.6. The first-order valence-corrected chi connectivity index (χ1v) is 15.1. The van der Waals surface area contributed by atoms with E-state index in [2.05, 4.69) is 39.2 Å². The van der Waals surface area contributed by atoms with E-state index >= 15 is 0 Å². The van der Waals surface area contributed by atoms with Gasteiger partial charge in [0.25, 0.3) is 0 Å². The van der Waals surface area contributed by atoms with Crippen LogP contribution >= 0.6 is 0 Å². The van der Waals surface area contributed by atoms with Gasteiger partial charge in [-0.1, -0.05) is 26.8 Å². The Hall–Kier alpha value is -2.64. The largest absolute Gasteiger partial charge is 0.497 e. The van der Waals surface area contributed by atoms with E-state index < -0.39 is 20.4 Å². The van der Waals surface area contributed by atoms with Crippen LogP contribution < -0.4 is 10.1 Å². The molecule has 0 bridgehead atoms. The Kier molecular flexibility index (Phi) is 9.69. The number of esters is 1. The molecule has 1 aromatic rings. The summed E-state index contributed by atoms with van der Waals surface area (Å²) < 4.78 is 17.4. The molecule has 0 saturated heterocycles. The first-order chi connectivity index (χ1) is 16.3. The molecule has 1 aromatic carbocycles. The number of benzene rings is 1. The topological polar surface area (TPSA) is 73.9 Å².